The van der Waals surface area contributed by atoms with Gasteiger partial charge in [0.15, 0.2) is 18.1 Å². The molecule has 0 aliphatic carbocycles. The first-order chi connectivity index (χ1) is 17.0. The van der Waals surface area contributed by atoms with Crippen LogP contribution in [0.4, 0.5) is 0 Å². The van der Waals surface area contributed by atoms with Gasteiger partial charge in [-0.05, 0) is 36.6 Å². The molecule has 0 saturated carbocycles. The zero-order valence-electron chi connectivity index (χ0n) is 19.2. The molecule has 1 atom stereocenters. The van der Waals surface area contributed by atoms with Crippen molar-refractivity contribution in [1.82, 2.24) is 24.4 Å². The summed E-state index contributed by atoms with van der Waals surface area (Å²) < 4.78 is 17.8. The number of amides is 1. The Morgan fingerprint density at radius 2 is 2.09 bits per heavy atom. The van der Waals surface area contributed by atoms with E-state index >= 15 is 0 Å². The van der Waals surface area contributed by atoms with Crippen LogP contribution in [0, 0.1) is 0 Å². The van der Waals surface area contributed by atoms with E-state index in [1.165, 1.54) is 13.2 Å². The first-order valence-electron chi connectivity index (χ1n) is 11.3. The molecule has 0 spiro atoms. The lowest BCUT2D eigenvalue weighted by atomic mass is 10.0. The fourth-order valence-corrected chi connectivity index (χ4v) is 4.11. The smallest absolute Gasteiger partial charge is 0.354 e. The number of hydrogen-bond acceptors (Lipinski definition) is 8. The minimum atomic E-state index is -1.10. The van der Waals surface area contributed by atoms with Gasteiger partial charge < -0.3 is 28.8 Å². The summed E-state index contributed by atoms with van der Waals surface area (Å²) in [5.41, 5.74) is 2.53. The molecule has 35 heavy (non-hydrogen) atoms. The van der Waals surface area contributed by atoms with Crippen molar-refractivity contribution in [3.8, 4) is 5.88 Å². The van der Waals surface area contributed by atoms with Gasteiger partial charge in [0.2, 0.25) is 11.8 Å². The molecule has 2 aliphatic heterocycles. The number of carboxylic acids is 1. The number of ether oxygens (including phenoxy) is 3. The molecule has 1 saturated heterocycles. The number of nitrogens with zero attached hydrogens (tertiary/aromatic N) is 5. The number of aromatic nitrogens is 4. The number of carbonyl (C=O) groups excluding carboxylic acids is 1. The Morgan fingerprint density at radius 3 is 2.80 bits per heavy atom. The largest absolute Gasteiger partial charge is 0.477 e. The molecule has 3 aromatic heterocycles. The van der Waals surface area contributed by atoms with E-state index in [4.69, 9.17) is 14.2 Å². The maximum atomic E-state index is 13.0. The Balaban J connectivity index is 1.38. The van der Waals surface area contributed by atoms with Crippen LogP contribution in [-0.4, -0.2) is 74.6 Å². The molecule has 5 heterocycles. The van der Waals surface area contributed by atoms with E-state index in [9.17, 15) is 14.7 Å². The summed E-state index contributed by atoms with van der Waals surface area (Å²) in [5, 5.41) is 9.36. The Hall–Kier alpha value is -3.83. The predicted molar refractivity (Wildman–Crippen MR) is 124 cm³/mol. The van der Waals surface area contributed by atoms with Gasteiger partial charge in [0.1, 0.15) is 11.3 Å². The molecule has 0 aromatic carbocycles. The monoisotopic (exact) mass is 479 g/mol. The summed E-state index contributed by atoms with van der Waals surface area (Å²) in [7, 11) is 1.54. The van der Waals surface area contributed by atoms with Gasteiger partial charge in [0, 0.05) is 32.4 Å². The summed E-state index contributed by atoms with van der Waals surface area (Å²) >= 11 is 0. The molecule has 11 heteroatoms. The Kier molecular flexibility index (Phi) is 6.43. The molecule has 1 N–H and O–H groups in total. The highest BCUT2D eigenvalue weighted by Gasteiger charge is 2.26. The third-order valence-corrected chi connectivity index (χ3v) is 6.04. The lowest BCUT2D eigenvalue weighted by Gasteiger charge is -2.29. The van der Waals surface area contributed by atoms with Gasteiger partial charge in [-0.2, -0.15) is 0 Å². The highest BCUT2D eigenvalue weighted by atomic mass is 16.7. The number of imidazole rings is 1. The minimum absolute atomic E-state index is 0.0173. The maximum Gasteiger partial charge on any atom is 0.354 e. The van der Waals surface area contributed by atoms with Gasteiger partial charge in [0.25, 0.3) is 0 Å². The topological polar surface area (TPSA) is 129 Å². The Morgan fingerprint density at radius 1 is 1.23 bits per heavy atom. The second-order valence-electron chi connectivity index (χ2n) is 8.36. The summed E-state index contributed by atoms with van der Waals surface area (Å²) in [6, 6.07) is 8.49. The highest BCUT2D eigenvalue weighted by molar-refractivity contribution is 5.96. The molecule has 2 aliphatic rings. The lowest BCUT2D eigenvalue weighted by Crippen LogP contribution is -2.36. The van der Waals surface area contributed by atoms with Crippen molar-refractivity contribution in [3.63, 3.8) is 0 Å². The van der Waals surface area contributed by atoms with Crippen molar-refractivity contribution in [2.45, 2.75) is 32.0 Å². The van der Waals surface area contributed by atoms with E-state index in [0.29, 0.717) is 54.7 Å². The number of pyridine rings is 2. The van der Waals surface area contributed by atoms with E-state index in [1.807, 2.05) is 16.7 Å². The molecule has 182 valence electrons. The summed E-state index contributed by atoms with van der Waals surface area (Å²) in [5.74, 6) is -0.173. The number of fused-ring (bicyclic) bond motifs is 1. The fourth-order valence-electron chi connectivity index (χ4n) is 4.11. The Bertz CT molecular complexity index is 1300. The zero-order valence-corrected chi connectivity index (χ0v) is 19.2. The van der Waals surface area contributed by atoms with Gasteiger partial charge in [-0.15, -0.1) is 0 Å². The molecule has 0 unspecified atom stereocenters. The minimum Gasteiger partial charge on any atom is -0.477 e. The first-order valence-corrected chi connectivity index (χ1v) is 11.3. The molecular formula is C24H25N5O6. The third-order valence-electron chi connectivity index (χ3n) is 6.04. The van der Waals surface area contributed by atoms with Crippen LogP contribution in [0.15, 0.2) is 36.4 Å². The second kappa shape index (κ2) is 9.80. The van der Waals surface area contributed by atoms with Crippen LogP contribution in [0.25, 0.3) is 16.7 Å². The van der Waals surface area contributed by atoms with Crippen molar-refractivity contribution in [2.75, 3.05) is 27.1 Å². The first kappa shape index (κ1) is 22.9. The van der Waals surface area contributed by atoms with E-state index in [-0.39, 0.29) is 31.0 Å². The highest BCUT2D eigenvalue weighted by Crippen LogP contribution is 2.26. The molecule has 11 nitrogen and oxygen atoms in total. The van der Waals surface area contributed by atoms with Crippen molar-refractivity contribution >= 4 is 28.6 Å². The average Bonchev–Trinajstić information content (AvgIpc) is 3.17. The van der Waals surface area contributed by atoms with Gasteiger partial charge in [-0.3, -0.25) is 4.79 Å². The van der Waals surface area contributed by atoms with Crippen LogP contribution >= 0.6 is 0 Å². The van der Waals surface area contributed by atoms with Crippen molar-refractivity contribution < 1.29 is 28.9 Å². The van der Waals surface area contributed by atoms with Crippen LogP contribution in [0.3, 0.4) is 0 Å². The van der Waals surface area contributed by atoms with Crippen LogP contribution in [-0.2, 0) is 27.4 Å². The van der Waals surface area contributed by atoms with Crippen molar-refractivity contribution in [3.05, 3.63) is 53.6 Å². The lowest BCUT2D eigenvalue weighted by molar-refractivity contribution is -0.127. The fraction of sp³-hybridized carbons (Fsp3) is 0.375. The molecule has 0 radical (unpaired) electrons. The van der Waals surface area contributed by atoms with E-state index in [0.717, 1.165) is 12.0 Å². The molecule has 3 aromatic rings. The molecule has 5 rings (SSSR count). The second-order valence-corrected chi connectivity index (χ2v) is 8.36. The SMILES string of the molecule is COCOc1cccc(C2=CC(=O)N(Cc3nc4ccc(C(=O)O)nc4n3C[C@@H]3CCO3)CC2)n1. The van der Waals surface area contributed by atoms with Gasteiger partial charge in [-0.25, -0.2) is 19.7 Å². The van der Waals surface area contributed by atoms with Crippen molar-refractivity contribution in [2.24, 2.45) is 0 Å². The summed E-state index contributed by atoms with van der Waals surface area (Å²) in [6.07, 6.45) is 3.14. The molecule has 1 fully saturated rings. The molecule has 1 amide bonds. The summed E-state index contributed by atoms with van der Waals surface area (Å²) in [4.78, 5) is 39.6. The van der Waals surface area contributed by atoms with Crippen LogP contribution < -0.4 is 4.74 Å². The van der Waals surface area contributed by atoms with E-state index < -0.39 is 5.97 Å². The third kappa shape index (κ3) is 4.86. The number of carboxylic acid groups (broad SMARTS) is 1. The van der Waals surface area contributed by atoms with E-state index in [1.54, 1.807) is 23.1 Å². The Labute approximate surface area is 201 Å². The standard InChI is InChI=1S/C24H25N5O6/c1-33-14-35-21-4-2-3-17(26-21)15-7-9-28(22(30)11-15)13-20-25-18-5-6-19(24(31)32)27-23(18)29(20)12-16-8-10-34-16/h2-6,11,16H,7-10,12-14H2,1H3,(H,31,32)/t16-/m0/s1. The number of hydrogen-bond donors (Lipinski definition) is 1. The molecular weight excluding hydrogens is 454 g/mol. The van der Waals surface area contributed by atoms with Gasteiger partial charge in [-0.1, -0.05) is 6.07 Å². The number of rotatable bonds is 9. The predicted octanol–water partition coefficient (Wildman–Crippen LogP) is 2.11. The zero-order chi connectivity index (χ0) is 24.4. The summed E-state index contributed by atoms with van der Waals surface area (Å²) in [6.45, 7) is 2.07. The van der Waals surface area contributed by atoms with Gasteiger partial charge in [0.05, 0.1) is 24.9 Å². The molecule has 0 bridgehead atoms. The normalized spacial score (nSPS) is 17.9. The van der Waals surface area contributed by atoms with Crippen molar-refractivity contribution in [1.29, 1.82) is 0 Å². The van der Waals surface area contributed by atoms with Crippen LogP contribution in [0.2, 0.25) is 0 Å². The number of carbonyl (C=O) groups is 2. The van der Waals surface area contributed by atoms with Crippen LogP contribution in [0.1, 0.15) is 34.8 Å². The van der Waals surface area contributed by atoms with Gasteiger partial charge >= 0.3 is 5.97 Å². The number of methoxy groups -OCH3 is 1. The maximum absolute atomic E-state index is 13.0. The average molecular weight is 479 g/mol. The number of aromatic carboxylic acids is 1. The van der Waals surface area contributed by atoms with Crippen LogP contribution in [0.5, 0.6) is 5.88 Å². The quantitative estimate of drug-likeness (QED) is 0.459. The van der Waals surface area contributed by atoms with E-state index in [2.05, 4.69) is 15.0 Å².